The molecule has 0 amide bonds. The summed E-state index contributed by atoms with van der Waals surface area (Å²) >= 11 is 0. The summed E-state index contributed by atoms with van der Waals surface area (Å²) in [5, 5.41) is 0. The molecular formula is C18H27N. The summed E-state index contributed by atoms with van der Waals surface area (Å²) < 4.78 is 0. The molecule has 0 aliphatic heterocycles. The second kappa shape index (κ2) is 6.36. The fraction of sp³-hybridized carbons (Fsp3) is 0.611. The van der Waals surface area contributed by atoms with Gasteiger partial charge >= 0.3 is 0 Å². The third-order valence-electron chi connectivity index (χ3n) is 4.50. The van der Waals surface area contributed by atoms with Crippen LogP contribution in [0, 0.1) is 11.8 Å². The van der Waals surface area contributed by atoms with E-state index in [-0.39, 0.29) is 0 Å². The van der Waals surface area contributed by atoms with Crippen LogP contribution in [0.4, 0.5) is 0 Å². The molecule has 1 aromatic rings. The first-order valence-electron chi connectivity index (χ1n) is 7.91. The zero-order valence-corrected chi connectivity index (χ0v) is 12.9. The van der Waals surface area contributed by atoms with Gasteiger partial charge in [-0.1, -0.05) is 32.4 Å². The Bertz CT molecular complexity index is 445. The Labute approximate surface area is 118 Å². The Kier molecular flexibility index (Phi) is 4.79. The zero-order chi connectivity index (χ0) is 13.8. The van der Waals surface area contributed by atoms with Crippen LogP contribution in [-0.4, -0.2) is 4.98 Å². The smallest absolute Gasteiger partial charge is 0.0438 e. The van der Waals surface area contributed by atoms with Crippen molar-refractivity contribution in [3.63, 3.8) is 0 Å². The lowest BCUT2D eigenvalue weighted by Gasteiger charge is -2.35. The van der Waals surface area contributed by atoms with Crippen LogP contribution in [-0.2, 0) is 19.3 Å². The minimum absolute atomic E-state index is 0.855. The highest BCUT2D eigenvalue weighted by Crippen LogP contribution is 2.39. The first-order valence-corrected chi connectivity index (χ1v) is 7.91. The maximum atomic E-state index is 4.57. The Balaban J connectivity index is 0.000000637. The number of nitrogens with zero attached hydrogens (tertiary/aromatic N) is 1. The summed E-state index contributed by atoms with van der Waals surface area (Å²) in [5.74, 6) is 1.73. The molecule has 2 atom stereocenters. The van der Waals surface area contributed by atoms with E-state index in [1.165, 1.54) is 36.9 Å². The van der Waals surface area contributed by atoms with E-state index in [9.17, 15) is 0 Å². The maximum Gasteiger partial charge on any atom is 0.0438 e. The number of hydrogen-bond acceptors (Lipinski definition) is 1. The number of allylic oxidation sites excluding steroid dienone is 2. The molecule has 0 aromatic carbocycles. The van der Waals surface area contributed by atoms with Crippen LogP contribution < -0.4 is 0 Å². The van der Waals surface area contributed by atoms with Gasteiger partial charge in [0.25, 0.3) is 0 Å². The van der Waals surface area contributed by atoms with Crippen molar-refractivity contribution >= 4 is 0 Å². The monoisotopic (exact) mass is 257 g/mol. The Morgan fingerprint density at radius 2 is 2.00 bits per heavy atom. The van der Waals surface area contributed by atoms with Crippen molar-refractivity contribution in [3.8, 4) is 0 Å². The Morgan fingerprint density at radius 3 is 2.63 bits per heavy atom. The lowest BCUT2D eigenvalue weighted by molar-refractivity contribution is 0.321. The van der Waals surface area contributed by atoms with Gasteiger partial charge in [0.05, 0.1) is 0 Å². The Hall–Kier alpha value is -1.11. The molecule has 1 heterocycles. The van der Waals surface area contributed by atoms with E-state index in [1.54, 1.807) is 11.1 Å². The number of pyridine rings is 1. The van der Waals surface area contributed by atoms with Crippen LogP contribution in [0.3, 0.4) is 0 Å². The summed E-state index contributed by atoms with van der Waals surface area (Å²) in [4.78, 5) is 4.57. The zero-order valence-electron chi connectivity index (χ0n) is 12.9. The second-order valence-corrected chi connectivity index (χ2v) is 5.63. The highest BCUT2D eigenvalue weighted by atomic mass is 14.7. The Morgan fingerprint density at radius 1 is 1.26 bits per heavy atom. The summed E-state index contributed by atoms with van der Waals surface area (Å²) in [6.45, 7) is 8.51. The second-order valence-electron chi connectivity index (χ2n) is 5.63. The number of fused-ring (bicyclic) bond motifs is 1. The van der Waals surface area contributed by atoms with Crippen LogP contribution in [0.1, 0.15) is 57.4 Å². The fourth-order valence-electron chi connectivity index (χ4n) is 3.43. The van der Waals surface area contributed by atoms with Crippen LogP contribution in [0.25, 0.3) is 0 Å². The van der Waals surface area contributed by atoms with Crippen molar-refractivity contribution in [2.24, 2.45) is 11.8 Å². The molecule has 0 bridgehead atoms. The minimum atomic E-state index is 0.855. The predicted molar refractivity (Wildman–Crippen MR) is 82.3 cm³/mol. The quantitative estimate of drug-likeness (QED) is 0.697. The number of aryl methyl sites for hydroxylation is 2. The van der Waals surface area contributed by atoms with Gasteiger partial charge in [0.2, 0.25) is 0 Å². The van der Waals surface area contributed by atoms with E-state index in [2.05, 4.69) is 31.0 Å². The molecular weight excluding hydrogens is 230 g/mol. The molecule has 0 fully saturated rings. The van der Waals surface area contributed by atoms with Crippen LogP contribution in [0.5, 0.6) is 0 Å². The lowest BCUT2D eigenvalue weighted by atomic mass is 9.70. The molecule has 0 N–H and O–H groups in total. The summed E-state index contributed by atoms with van der Waals surface area (Å²) in [6.07, 6.45) is 10.8. The van der Waals surface area contributed by atoms with Crippen molar-refractivity contribution in [2.75, 3.05) is 0 Å². The van der Waals surface area contributed by atoms with Crippen molar-refractivity contribution in [3.05, 3.63) is 40.7 Å². The van der Waals surface area contributed by atoms with Crippen molar-refractivity contribution in [1.82, 2.24) is 4.98 Å². The van der Waals surface area contributed by atoms with Crippen LogP contribution >= 0.6 is 0 Å². The van der Waals surface area contributed by atoms with E-state index in [0.717, 1.165) is 18.3 Å². The molecule has 3 rings (SSSR count). The number of rotatable bonds is 2. The van der Waals surface area contributed by atoms with E-state index < -0.39 is 0 Å². The van der Waals surface area contributed by atoms with Gasteiger partial charge in [-0.25, -0.2) is 0 Å². The average Bonchev–Trinajstić information content (AvgIpc) is 2.45. The number of aromatic nitrogens is 1. The largest absolute Gasteiger partial charge is 0.261 e. The maximum absolute atomic E-state index is 4.57. The van der Waals surface area contributed by atoms with Gasteiger partial charge in [0, 0.05) is 11.9 Å². The van der Waals surface area contributed by atoms with E-state index in [4.69, 9.17) is 0 Å². The van der Waals surface area contributed by atoms with Gasteiger partial charge in [-0.3, -0.25) is 4.98 Å². The molecule has 104 valence electrons. The minimum Gasteiger partial charge on any atom is -0.261 e. The predicted octanol–water partition coefficient (Wildman–Crippen LogP) is 4.74. The fourth-order valence-corrected chi connectivity index (χ4v) is 3.43. The van der Waals surface area contributed by atoms with Gasteiger partial charge < -0.3 is 0 Å². The molecule has 0 saturated heterocycles. The molecule has 2 aliphatic carbocycles. The molecule has 0 radical (unpaired) electrons. The molecule has 2 unspecified atom stereocenters. The van der Waals surface area contributed by atoms with Crippen molar-refractivity contribution in [1.29, 1.82) is 0 Å². The molecule has 1 nitrogen and oxygen atoms in total. The molecule has 0 saturated carbocycles. The highest BCUT2D eigenvalue weighted by molar-refractivity contribution is 5.33. The molecule has 2 aliphatic rings. The SMILES string of the molecule is CC.CCc1ccnc2c1CC(C1C=C(C)C1)CC2. The van der Waals surface area contributed by atoms with Crippen molar-refractivity contribution < 1.29 is 0 Å². The van der Waals surface area contributed by atoms with Gasteiger partial charge in [-0.15, -0.1) is 0 Å². The highest BCUT2D eigenvalue weighted by Gasteiger charge is 2.30. The molecule has 1 heteroatoms. The van der Waals surface area contributed by atoms with E-state index in [1.807, 2.05) is 20.0 Å². The molecule has 1 aromatic heterocycles. The topological polar surface area (TPSA) is 12.9 Å². The van der Waals surface area contributed by atoms with E-state index >= 15 is 0 Å². The standard InChI is InChI=1S/C16H21N.C2H6/c1-3-12-6-7-17-16-5-4-13(10-15(12)16)14-8-11(2)9-14;1-2/h6-8,13-14H,3-5,9-10H2,1-2H3;1-2H3. The van der Waals surface area contributed by atoms with Gasteiger partial charge in [-0.05, 0) is 68.1 Å². The van der Waals surface area contributed by atoms with E-state index in [0.29, 0.717) is 0 Å². The van der Waals surface area contributed by atoms with Gasteiger partial charge in [-0.2, -0.15) is 0 Å². The van der Waals surface area contributed by atoms with Gasteiger partial charge in [0.15, 0.2) is 0 Å². The summed E-state index contributed by atoms with van der Waals surface area (Å²) in [5.41, 5.74) is 6.06. The average molecular weight is 257 g/mol. The molecule has 19 heavy (non-hydrogen) atoms. The van der Waals surface area contributed by atoms with Crippen molar-refractivity contribution in [2.45, 2.75) is 59.8 Å². The van der Waals surface area contributed by atoms with Crippen LogP contribution in [0.15, 0.2) is 23.9 Å². The first kappa shape index (κ1) is 14.3. The normalized spacial score (nSPS) is 24.5. The third-order valence-corrected chi connectivity index (χ3v) is 4.50. The van der Waals surface area contributed by atoms with Gasteiger partial charge in [0.1, 0.15) is 0 Å². The molecule has 0 spiro atoms. The third kappa shape index (κ3) is 2.91. The van der Waals surface area contributed by atoms with Crippen LogP contribution in [0.2, 0.25) is 0 Å². The number of hydrogen-bond donors (Lipinski definition) is 0. The lowest BCUT2D eigenvalue weighted by Crippen LogP contribution is -2.26. The summed E-state index contributed by atoms with van der Waals surface area (Å²) in [7, 11) is 0. The summed E-state index contributed by atoms with van der Waals surface area (Å²) in [6, 6.07) is 2.21. The first-order chi connectivity index (χ1) is 9.28.